The lowest BCUT2D eigenvalue weighted by atomic mass is 9.72. The molecule has 4 aliphatic carbocycles. The molecular formula is C75H56. The molecule has 0 heteroatoms. The Morgan fingerprint density at radius 1 is 0.360 bits per heavy atom. The molecule has 0 N–H and O–H groups in total. The van der Waals surface area contributed by atoms with Gasteiger partial charge in [-0.05, 0) is 185 Å². The summed E-state index contributed by atoms with van der Waals surface area (Å²) in [5, 5.41) is 5.50. The summed E-state index contributed by atoms with van der Waals surface area (Å²) in [5.74, 6) is 0. The van der Waals surface area contributed by atoms with Crippen molar-refractivity contribution in [1.29, 1.82) is 0 Å². The molecule has 75 heavy (non-hydrogen) atoms. The fourth-order valence-corrected chi connectivity index (χ4v) is 13.4. The first-order valence-corrected chi connectivity index (χ1v) is 26.9. The summed E-state index contributed by atoms with van der Waals surface area (Å²) < 4.78 is 0. The molecule has 0 fully saturated rings. The number of hydrogen-bond acceptors (Lipinski definition) is 0. The first kappa shape index (κ1) is 44.0. The molecule has 11 aromatic carbocycles. The summed E-state index contributed by atoms with van der Waals surface area (Å²) in [6.07, 6.45) is 7.00. The van der Waals surface area contributed by atoms with E-state index in [-0.39, 0.29) is 10.8 Å². The van der Waals surface area contributed by atoms with Gasteiger partial charge in [0.2, 0.25) is 0 Å². The molecule has 0 saturated carbocycles. The van der Waals surface area contributed by atoms with Gasteiger partial charge >= 0.3 is 0 Å². The van der Waals surface area contributed by atoms with E-state index in [0.717, 1.165) is 12.8 Å². The summed E-state index contributed by atoms with van der Waals surface area (Å²) in [6.45, 7) is 11.8. The minimum absolute atomic E-state index is 0.136. The fourth-order valence-electron chi connectivity index (χ4n) is 13.4. The van der Waals surface area contributed by atoms with Crippen molar-refractivity contribution < 1.29 is 0 Å². The largest absolute Gasteiger partial charge is 0.0759 e. The Morgan fingerprint density at radius 3 is 1.32 bits per heavy atom. The third kappa shape index (κ3) is 6.82. The van der Waals surface area contributed by atoms with Gasteiger partial charge in [0.1, 0.15) is 0 Å². The predicted molar refractivity (Wildman–Crippen MR) is 320 cm³/mol. The monoisotopic (exact) mass is 956 g/mol. The average molecular weight is 957 g/mol. The van der Waals surface area contributed by atoms with Crippen molar-refractivity contribution in [3.8, 4) is 100 Å². The van der Waals surface area contributed by atoms with Crippen LogP contribution < -0.4 is 0 Å². The molecule has 0 spiro atoms. The normalized spacial score (nSPS) is 14.4. The van der Waals surface area contributed by atoms with Crippen LogP contribution in [-0.4, -0.2) is 0 Å². The van der Waals surface area contributed by atoms with E-state index in [9.17, 15) is 0 Å². The zero-order valence-corrected chi connectivity index (χ0v) is 43.3. The quantitative estimate of drug-likeness (QED) is 0.156. The maximum Gasteiger partial charge on any atom is 0.0159 e. The molecule has 0 radical (unpaired) electrons. The van der Waals surface area contributed by atoms with Gasteiger partial charge in [-0.15, -0.1) is 0 Å². The van der Waals surface area contributed by atoms with Crippen LogP contribution in [0.15, 0.2) is 224 Å². The van der Waals surface area contributed by atoms with Crippen molar-refractivity contribution in [2.24, 2.45) is 5.41 Å². The van der Waals surface area contributed by atoms with Crippen molar-refractivity contribution in [1.82, 2.24) is 0 Å². The van der Waals surface area contributed by atoms with E-state index in [1.54, 1.807) is 0 Å². The number of benzene rings is 11. The van der Waals surface area contributed by atoms with Crippen LogP contribution in [0.3, 0.4) is 0 Å². The number of fused-ring (bicyclic) bond motifs is 6. The Morgan fingerprint density at radius 2 is 0.787 bits per heavy atom. The Kier molecular flexibility index (Phi) is 9.50. The van der Waals surface area contributed by atoms with Gasteiger partial charge in [0.25, 0.3) is 0 Å². The topological polar surface area (TPSA) is 0 Å². The SMILES string of the molecule is CC(C)(C)C1=Cc2ccc3c(-c4ccc(-c5ccc(-c6ccc7c(c6)C(C)(C)c6cc(-c8ccc(-c9ccc(-c%10ccc%11c%12c(cccc%10%12)-c%10ccccc%10-%11)cc9)cc8)ccc6-7)cc5)cc4)ccc4c3c2C(=CC4)C1. The van der Waals surface area contributed by atoms with Gasteiger partial charge < -0.3 is 0 Å². The minimum Gasteiger partial charge on any atom is -0.0759 e. The predicted octanol–water partition coefficient (Wildman–Crippen LogP) is 20.7. The van der Waals surface area contributed by atoms with Crippen LogP contribution in [0.2, 0.25) is 0 Å². The number of hydrogen-bond donors (Lipinski definition) is 0. The van der Waals surface area contributed by atoms with Crippen LogP contribution in [0.5, 0.6) is 0 Å². The van der Waals surface area contributed by atoms with Crippen LogP contribution >= 0.6 is 0 Å². The lowest BCUT2D eigenvalue weighted by molar-refractivity contribution is 0.498. The van der Waals surface area contributed by atoms with E-state index in [0.29, 0.717) is 0 Å². The Bertz CT molecular complexity index is 4250. The maximum atomic E-state index is 2.48. The maximum absolute atomic E-state index is 2.48. The molecule has 0 nitrogen and oxygen atoms in total. The summed E-state index contributed by atoms with van der Waals surface area (Å²) >= 11 is 0. The first-order valence-electron chi connectivity index (χ1n) is 26.9. The zero-order chi connectivity index (χ0) is 50.3. The van der Waals surface area contributed by atoms with Gasteiger partial charge in [-0.25, -0.2) is 0 Å². The van der Waals surface area contributed by atoms with E-state index in [2.05, 4.69) is 259 Å². The lowest BCUT2D eigenvalue weighted by Crippen LogP contribution is -2.15. The summed E-state index contributed by atoms with van der Waals surface area (Å²) in [4.78, 5) is 0. The molecule has 11 aromatic rings. The molecule has 0 amide bonds. The molecule has 4 aliphatic rings. The van der Waals surface area contributed by atoms with Gasteiger partial charge in [0.15, 0.2) is 0 Å². The molecule has 356 valence electrons. The molecule has 0 bridgehead atoms. The fraction of sp³-hybridized carbons (Fsp3) is 0.120. The third-order valence-electron chi connectivity index (χ3n) is 17.6. The Balaban J connectivity index is 0.653. The minimum atomic E-state index is -0.136. The Labute approximate surface area is 441 Å². The smallest absolute Gasteiger partial charge is 0.0159 e. The van der Waals surface area contributed by atoms with Crippen LogP contribution in [0.4, 0.5) is 0 Å². The molecule has 15 rings (SSSR count). The molecule has 0 unspecified atom stereocenters. The van der Waals surface area contributed by atoms with E-state index < -0.39 is 0 Å². The van der Waals surface area contributed by atoms with E-state index in [1.165, 1.54) is 161 Å². The second-order valence-electron chi connectivity index (χ2n) is 23.1. The summed E-state index contributed by atoms with van der Waals surface area (Å²) in [6, 6.07) is 80.4. The molecular weight excluding hydrogens is 901 g/mol. The molecule has 0 aromatic heterocycles. The highest BCUT2D eigenvalue weighted by Crippen LogP contribution is 2.53. The number of rotatable bonds is 6. The average Bonchev–Trinajstić information content (AvgIpc) is 3.91. The standard InChI is InChI=1S/C75H56/c1-74(2,3)58-41-56-30-29-53-31-35-59(67-38-34-57(42-58)71(56)72(53)67)51-25-21-47(22-26-51)45-13-17-49(18-14-45)54-32-36-63-64-37-33-55(44-70(64)75(4,5)69(63)43-54)50-19-15-46(16-20-50)48-23-27-52(28-24-48)60-39-40-68-62-10-7-6-9-61(62)66-12-8-11-65(60)73(66)68/h6-28,30-40,42-44H,29,41H2,1-5H3. The van der Waals surface area contributed by atoms with Crippen molar-refractivity contribution in [3.63, 3.8) is 0 Å². The zero-order valence-electron chi connectivity index (χ0n) is 43.3. The van der Waals surface area contributed by atoms with Crippen LogP contribution in [-0.2, 0) is 11.8 Å². The van der Waals surface area contributed by atoms with Crippen molar-refractivity contribution in [2.45, 2.75) is 52.9 Å². The second kappa shape index (κ2) is 16.2. The molecule has 0 heterocycles. The van der Waals surface area contributed by atoms with Gasteiger partial charge in [-0.1, -0.05) is 253 Å². The lowest BCUT2D eigenvalue weighted by Gasteiger charge is -2.32. The van der Waals surface area contributed by atoms with Gasteiger partial charge in [-0.3, -0.25) is 0 Å². The Hall–Kier alpha value is -8.58. The van der Waals surface area contributed by atoms with E-state index >= 15 is 0 Å². The van der Waals surface area contributed by atoms with Crippen LogP contribution in [0.25, 0.3) is 133 Å². The van der Waals surface area contributed by atoms with Gasteiger partial charge in [-0.2, -0.15) is 0 Å². The highest BCUT2D eigenvalue weighted by Gasteiger charge is 2.36. The highest BCUT2D eigenvalue weighted by atomic mass is 14.4. The summed E-state index contributed by atoms with van der Waals surface area (Å²) in [7, 11) is 0. The first-order chi connectivity index (χ1) is 36.5. The van der Waals surface area contributed by atoms with Crippen LogP contribution in [0.1, 0.15) is 68.9 Å². The van der Waals surface area contributed by atoms with E-state index in [4.69, 9.17) is 0 Å². The van der Waals surface area contributed by atoms with Crippen molar-refractivity contribution >= 4 is 33.2 Å². The van der Waals surface area contributed by atoms with Crippen molar-refractivity contribution in [3.05, 3.63) is 252 Å². The van der Waals surface area contributed by atoms with Crippen LogP contribution in [0, 0.1) is 5.41 Å². The summed E-state index contributed by atoms with van der Waals surface area (Å²) in [5.41, 5.74) is 33.1. The molecule has 0 atom stereocenters. The number of allylic oxidation sites excluding steroid dienone is 3. The molecule has 0 saturated heterocycles. The highest BCUT2D eigenvalue weighted by molar-refractivity contribution is 6.18. The second-order valence-corrected chi connectivity index (χ2v) is 23.1. The van der Waals surface area contributed by atoms with Gasteiger partial charge in [0, 0.05) is 5.41 Å². The van der Waals surface area contributed by atoms with Gasteiger partial charge in [0.05, 0.1) is 0 Å². The third-order valence-corrected chi connectivity index (χ3v) is 17.6. The molecule has 0 aliphatic heterocycles. The van der Waals surface area contributed by atoms with Crippen molar-refractivity contribution in [2.75, 3.05) is 0 Å². The van der Waals surface area contributed by atoms with E-state index in [1.807, 2.05) is 0 Å².